The summed E-state index contributed by atoms with van der Waals surface area (Å²) in [6, 6.07) is 0. The van der Waals surface area contributed by atoms with Gasteiger partial charge < -0.3 is 25.6 Å². The molecule has 7 heteroatoms. The van der Waals surface area contributed by atoms with E-state index >= 15 is 0 Å². The summed E-state index contributed by atoms with van der Waals surface area (Å²) in [7, 11) is 0. The molecule has 29 heavy (non-hydrogen) atoms. The lowest BCUT2D eigenvalue weighted by Crippen LogP contribution is -2.53. The molecule has 4 N–H and O–H groups in total. The smallest absolute Gasteiger partial charge is 0.331 e. The van der Waals surface area contributed by atoms with Crippen LogP contribution in [0.1, 0.15) is 51.4 Å². The Hall–Kier alpha value is -1.44. The second kappa shape index (κ2) is 8.74. The Labute approximate surface area is 172 Å². The Balaban J connectivity index is 1.38. The third-order valence-corrected chi connectivity index (χ3v) is 7.72. The van der Waals surface area contributed by atoms with E-state index in [4.69, 9.17) is 10.5 Å². The fourth-order valence-electron chi connectivity index (χ4n) is 5.98. The number of nitrogens with zero attached hydrogens (tertiary/aromatic N) is 1. The van der Waals surface area contributed by atoms with Crippen molar-refractivity contribution >= 4 is 11.9 Å². The third-order valence-electron chi connectivity index (χ3n) is 7.72. The number of hydrogen-bond acceptors (Lipinski definition) is 6. The number of ether oxygens (including phenoxy) is 1. The van der Waals surface area contributed by atoms with E-state index in [1.165, 1.54) is 31.8 Å². The van der Waals surface area contributed by atoms with Crippen LogP contribution in [0.4, 0.5) is 0 Å². The fraction of sp³-hybridized carbons (Fsp3) is 0.818. The standard InChI is InChI=1S/C22H34N2O5/c23-12-13-2-1-3-15(10-13)14-6-8-24(9-7-14)22(28)17-11-19(26)29-21-16(17)4-5-18(25)20(21)27/h11,13-16,18,20-21,25,27H,1-10,12,23H2. The minimum absolute atomic E-state index is 0.109. The molecule has 2 aliphatic heterocycles. The van der Waals surface area contributed by atoms with Crippen molar-refractivity contribution in [1.82, 2.24) is 4.90 Å². The molecule has 0 aromatic carbocycles. The van der Waals surface area contributed by atoms with Crippen LogP contribution < -0.4 is 5.73 Å². The van der Waals surface area contributed by atoms with Crippen molar-refractivity contribution in [2.45, 2.75) is 69.7 Å². The number of esters is 1. The molecule has 2 heterocycles. The monoisotopic (exact) mass is 406 g/mol. The van der Waals surface area contributed by atoms with Crippen LogP contribution >= 0.6 is 0 Å². The van der Waals surface area contributed by atoms with Gasteiger partial charge in [-0.2, -0.15) is 0 Å². The molecule has 0 bridgehead atoms. The summed E-state index contributed by atoms with van der Waals surface area (Å²) in [6.45, 7) is 2.20. The van der Waals surface area contributed by atoms with E-state index in [2.05, 4.69) is 0 Å². The number of rotatable bonds is 3. The molecule has 4 aliphatic rings. The molecule has 4 rings (SSSR count). The average molecular weight is 407 g/mol. The van der Waals surface area contributed by atoms with Gasteiger partial charge in [0, 0.05) is 30.7 Å². The number of fused-ring (bicyclic) bond motifs is 1. The minimum Gasteiger partial charge on any atom is -0.456 e. The highest BCUT2D eigenvalue weighted by Crippen LogP contribution is 2.40. The number of aliphatic hydroxyl groups is 2. The highest BCUT2D eigenvalue weighted by atomic mass is 16.6. The lowest BCUT2D eigenvalue weighted by atomic mass is 9.72. The number of piperidine rings is 1. The number of carbonyl (C=O) groups excluding carboxylic acids is 2. The van der Waals surface area contributed by atoms with Crippen LogP contribution in [0.25, 0.3) is 0 Å². The molecule has 0 aromatic rings. The molecule has 1 saturated heterocycles. The summed E-state index contributed by atoms with van der Waals surface area (Å²) in [5.41, 5.74) is 6.33. The van der Waals surface area contributed by atoms with E-state index in [9.17, 15) is 19.8 Å². The molecule has 0 spiro atoms. The van der Waals surface area contributed by atoms with Crippen molar-refractivity contribution in [3.8, 4) is 0 Å². The van der Waals surface area contributed by atoms with E-state index in [-0.39, 0.29) is 11.8 Å². The summed E-state index contributed by atoms with van der Waals surface area (Å²) < 4.78 is 5.25. The number of hydrogen-bond donors (Lipinski definition) is 3. The normalized spacial score (nSPS) is 38.8. The summed E-state index contributed by atoms with van der Waals surface area (Å²) in [5.74, 6) is 0.975. The predicted molar refractivity (Wildman–Crippen MR) is 107 cm³/mol. The maximum absolute atomic E-state index is 13.2. The SMILES string of the molecule is NCC1CCCC(C2CCN(C(=O)C3=CC(=O)OC4C3CCC(O)C4O)CC2)C1. The van der Waals surface area contributed by atoms with Gasteiger partial charge in [-0.3, -0.25) is 4.79 Å². The van der Waals surface area contributed by atoms with Gasteiger partial charge in [0.2, 0.25) is 5.91 Å². The predicted octanol–water partition coefficient (Wildman–Crippen LogP) is 0.974. The van der Waals surface area contributed by atoms with Crippen molar-refractivity contribution in [3.05, 3.63) is 11.6 Å². The zero-order valence-corrected chi connectivity index (χ0v) is 17.0. The van der Waals surface area contributed by atoms with Crippen LogP contribution in [0.2, 0.25) is 0 Å². The fourth-order valence-corrected chi connectivity index (χ4v) is 5.98. The van der Waals surface area contributed by atoms with E-state index in [1.54, 1.807) is 0 Å². The second-order valence-corrected chi connectivity index (χ2v) is 9.40. The Kier molecular flexibility index (Phi) is 6.27. The first kappa shape index (κ1) is 20.8. The number of likely N-dealkylation sites (tertiary alicyclic amines) is 1. The first-order chi connectivity index (χ1) is 14.0. The van der Waals surface area contributed by atoms with Crippen LogP contribution in [-0.4, -0.2) is 64.9 Å². The Morgan fingerprint density at radius 3 is 2.59 bits per heavy atom. The van der Waals surface area contributed by atoms with Gasteiger partial charge in [-0.25, -0.2) is 4.79 Å². The van der Waals surface area contributed by atoms with Gasteiger partial charge >= 0.3 is 5.97 Å². The highest BCUT2D eigenvalue weighted by molar-refractivity contribution is 6.01. The number of aliphatic hydroxyl groups excluding tert-OH is 2. The van der Waals surface area contributed by atoms with Gasteiger partial charge in [-0.15, -0.1) is 0 Å². The average Bonchev–Trinajstić information content (AvgIpc) is 2.76. The lowest BCUT2D eigenvalue weighted by Gasteiger charge is -2.43. The van der Waals surface area contributed by atoms with Gasteiger partial charge in [0.1, 0.15) is 12.2 Å². The molecule has 2 aliphatic carbocycles. The van der Waals surface area contributed by atoms with Crippen LogP contribution in [-0.2, 0) is 14.3 Å². The second-order valence-electron chi connectivity index (χ2n) is 9.40. The number of carbonyl (C=O) groups is 2. The number of nitrogens with two attached hydrogens (primary N) is 1. The molecule has 162 valence electrons. The summed E-state index contributed by atoms with van der Waals surface area (Å²) in [6.07, 6.45) is 6.35. The first-order valence-corrected chi connectivity index (χ1v) is 11.3. The van der Waals surface area contributed by atoms with Crippen molar-refractivity contribution < 1.29 is 24.5 Å². The summed E-state index contributed by atoms with van der Waals surface area (Å²) >= 11 is 0. The zero-order chi connectivity index (χ0) is 20.5. The largest absolute Gasteiger partial charge is 0.456 e. The van der Waals surface area contributed by atoms with Crippen LogP contribution in [0.15, 0.2) is 11.6 Å². The van der Waals surface area contributed by atoms with Crippen LogP contribution in [0.5, 0.6) is 0 Å². The van der Waals surface area contributed by atoms with Crippen molar-refractivity contribution in [3.63, 3.8) is 0 Å². The minimum atomic E-state index is -1.14. The summed E-state index contributed by atoms with van der Waals surface area (Å²) in [4.78, 5) is 27.1. The molecule has 6 unspecified atom stereocenters. The Morgan fingerprint density at radius 2 is 1.86 bits per heavy atom. The number of amides is 1. The van der Waals surface area contributed by atoms with Gasteiger partial charge in [0.05, 0.1) is 6.10 Å². The summed E-state index contributed by atoms with van der Waals surface area (Å²) in [5, 5.41) is 20.1. The molecule has 0 aromatic heterocycles. The van der Waals surface area contributed by atoms with Crippen molar-refractivity contribution in [2.75, 3.05) is 19.6 Å². The van der Waals surface area contributed by atoms with Gasteiger partial charge in [-0.1, -0.05) is 12.8 Å². The van der Waals surface area contributed by atoms with Gasteiger partial charge in [0.25, 0.3) is 0 Å². The van der Waals surface area contributed by atoms with Crippen molar-refractivity contribution in [2.24, 2.45) is 29.4 Å². The maximum Gasteiger partial charge on any atom is 0.331 e. The van der Waals surface area contributed by atoms with Gasteiger partial charge in [-0.05, 0) is 62.8 Å². The maximum atomic E-state index is 13.2. The first-order valence-electron chi connectivity index (χ1n) is 11.3. The third kappa shape index (κ3) is 4.23. The molecule has 7 nitrogen and oxygen atoms in total. The van der Waals surface area contributed by atoms with Crippen LogP contribution in [0.3, 0.4) is 0 Å². The Bertz CT molecular complexity index is 658. The van der Waals surface area contributed by atoms with E-state index < -0.39 is 24.3 Å². The molecular weight excluding hydrogens is 372 g/mol. The van der Waals surface area contributed by atoms with E-state index in [1.807, 2.05) is 4.90 Å². The highest BCUT2D eigenvalue weighted by Gasteiger charge is 2.46. The quantitative estimate of drug-likeness (QED) is 0.602. The molecule has 1 amide bonds. The van der Waals surface area contributed by atoms with E-state index in [0.29, 0.717) is 43.3 Å². The molecular formula is C22H34N2O5. The zero-order valence-electron chi connectivity index (χ0n) is 17.0. The molecule has 0 radical (unpaired) electrons. The van der Waals surface area contributed by atoms with Crippen molar-refractivity contribution in [1.29, 1.82) is 0 Å². The topological polar surface area (TPSA) is 113 Å². The lowest BCUT2D eigenvalue weighted by molar-refractivity contribution is -0.170. The molecule has 6 atom stereocenters. The van der Waals surface area contributed by atoms with Gasteiger partial charge in [0.15, 0.2) is 0 Å². The van der Waals surface area contributed by atoms with Crippen LogP contribution in [0, 0.1) is 23.7 Å². The molecule has 2 saturated carbocycles. The van der Waals surface area contributed by atoms with E-state index in [0.717, 1.165) is 25.3 Å². The Morgan fingerprint density at radius 1 is 1.10 bits per heavy atom. The molecule has 3 fully saturated rings.